The van der Waals surface area contributed by atoms with E-state index in [1.807, 2.05) is 17.4 Å². The van der Waals surface area contributed by atoms with Gasteiger partial charge in [0.1, 0.15) is 0 Å². The van der Waals surface area contributed by atoms with Gasteiger partial charge in [0.05, 0.1) is 10.4 Å². The summed E-state index contributed by atoms with van der Waals surface area (Å²) in [6, 6.07) is 8.75. The molecule has 1 N–H and O–H groups in total. The van der Waals surface area contributed by atoms with Gasteiger partial charge in [-0.25, -0.2) is 0 Å². The maximum absolute atomic E-state index is 6.10. The van der Waals surface area contributed by atoms with E-state index in [1.54, 1.807) is 11.3 Å². The molecule has 0 radical (unpaired) electrons. The lowest BCUT2D eigenvalue weighted by Gasteiger charge is -2.18. The molecule has 1 unspecified atom stereocenters. The van der Waals surface area contributed by atoms with Crippen molar-refractivity contribution in [1.29, 1.82) is 0 Å². The van der Waals surface area contributed by atoms with Gasteiger partial charge in [0, 0.05) is 9.75 Å². The number of hydrogen-bond acceptors (Lipinski definition) is 4. The van der Waals surface area contributed by atoms with Gasteiger partial charge < -0.3 is 10.2 Å². The number of rotatable bonds is 7. The van der Waals surface area contributed by atoms with Crippen LogP contribution in [0.4, 0.5) is 0 Å². The lowest BCUT2D eigenvalue weighted by molar-refractivity contribution is 0.329. The molecular formula is C16H21ClN2S2. The fourth-order valence-corrected chi connectivity index (χ4v) is 4.88. The van der Waals surface area contributed by atoms with Gasteiger partial charge in [-0.3, -0.25) is 0 Å². The molecule has 0 aromatic carbocycles. The normalized spacial score (nSPS) is 17.4. The number of nitrogens with one attached hydrogen (secondary N) is 1. The Kier molecular flexibility index (Phi) is 5.72. The van der Waals surface area contributed by atoms with Crippen LogP contribution in [0.3, 0.4) is 0 Å². The number of thiophene rings is 2. The minimum absolute atomic E-state index is 0.293. The summed E-state index contributed by atoms with van der Waals surface area (Å²) in [5.74, 6) is 0. The first kappa shape index (κ1) is 15.5. The van der Waals surface area contributed by atoms with Crippen LogP contribution in [-0.4, -0.2) is 31.1 Å². The average molecular weight is 341 g/mol. The highest BCUT2D eigenvalue weighted by Crippen LogP contribution is 2.32. The predicted octanol–water partition coefficient (Wildman–Crippen LogP) is 4.63. The van der Waals surface area contributed by atoms with E-state index >= 15 is 0 Å². The van der Waals surface area contributed by atoms with Gasteiger partial charge in [-0.2, -0.15) is 0 Å². The molecule has 1 saturated heterocycles. The molecule has 2 nitrogen and oxygen atoms in total. The van der Waals surface area contributed by atoms with E-state index in [1.165, 1.54) is 48.7 Å². The van der Waals surface area contributed by atoms with E-state index in [9.17, 15) is 0 Å². The fraction of sp³-hybridized carbons (Fsp3) is 0.500. The molecule has 3 heterocycles. The molecule has 1 atom stereocenters. The van der Waals surface area contributed by atoms with Crippen molar-refractivity contribution in [3.8, 4) is 0 Å². The second kappa shape index (κ2) is 7.75. The Balaban J connectivity index is 1.55. The number of hydrogen-bond donors (Lipinski definition) is 1. The maximum Gasteiger partial charge on any atom is 0.0931 e. The molecule has 0 amide bonds. The van der Waals surface area contributed by atoms with Crippen LogP contribution in [0.2, 0.25) is 4.34 Å². The Morgan fingerprint density at radius 2 is 2.05 bits per heavy atom. The van der Waals surface area contributed by atoms with Gasteiger partial charge in [-0.15, -0.1) is 22.7 Å². The molecule has 0 aliphatic carbocycles. The van der Waals surface area contributed by atoms with E-state index in [-0.39, 0.29) is 0 Å². The summed E-state index contributed by atoms with van der Waals surface area (Å²) in [7, 11) is 0. The summed E-state index contributed by atoms with van der Waals surface area (Å²) in [5.41, 5.74) is 0. The van der Waals surface area contributed by atoms with Crippen LogP contribution in [0.15, 0.2) is 29.6 Å². The van der Waals surface area contributed by atoms with E-state index in [2.05, 4.69) is 33.8 Å². The third-order valence-electron chi connectivity index (χ3n) is 3.90. The largest absolute Gasteiger partial charge is 0.305 e. The molecule has 2 aromatic rings. The van der Waals surface area contributed by atoms with Crippen molar-refractivity contribution in [2.75, 3.05) is 26.2 Å². The summed E-state index contributed by atoms with van der Waals surface area (Å²) >= 11 is 9.59. The number of halogens is 1. The number of nitrogens with zero attached hydrogens (tertiary/aromatic N) is 1. The van der Waals surface area contributed by atoms with Gasteiger partial charge >= 0.3 is 0 Å². The zero-order valence-corrected chi connectivity index (χ0v) is 14.4. The Morgan fingerprint density at radius 1 is 1.19 bits per heavy atom. The monoisotopic (exact) mass is 340 g/mol. The molecular weight excluding hydrogens is 320 g/mol. The molecule has 0 saturated carbocycles. The predicted molar refractivity (Wildman–Crippen MR) is 93.8 cm³/mol. The lowest BCUT2D eigenvalue weighted by atomic mass is 10.2. The van der Waals surface area contributed by atoms with Crippen molar-refractivity contribution >= 4 is 34.3 Å². The molecule has 1 fully saturated rings. The first-order valence-electron chi connectivity index (χ1n) is 7.57. The van der Waals surface area contributed by atoms with Crippen LogP contribution >= 0.6 is 34.3 Å². The van der Waals surface area contributed by atoms with Crippen LogP contribution in [0.5, 0.6) is 0 Å². The lowest BCUT2D eigenvalue weighted by Crippen LogP contribution is -2.27. The zero-order valence-electron chi connectivity index (χ0n) is 12.1. The molecule has 114 valence electrons. The van der Waals surface area contributed by atoms with Gasteiger partial charge in [0.15, 0.2) is 0 Å². The van der Waals surface area contributed by atoms with Crippen molar-refractivity contribution in [3.63, 3.8) is 0 Å². The van der Waals surface area contributed by atoms with Crippen LogP contribution in [0.1, 0.15) is 35.1 Å². The van der Waals surface area contributed by atoms with Crippen molar-refractivity contribution in [2.24, 2.45) is 0 Å². The van der Waals surface area contributed by atoms with E-state index in [4.69, 9.17) is 11.6 Å². The Bertz CT molecular complexity index is 532. The van der Waals surface area contributed by atoms with Gasteiger partial charge in [0.2, 0.25) is 0 Å². The molecule has 1 aliphatic rings. The molecule has 1 aliphatic heterocycles. The molecule has 5 heteroatoms. The van der Waals surface area contributed by atoms with Crippen molar-refractivity contribution in [1.82, 2.24) is 10.2 Å². The first-order valence-corrected chi connectivity index (χ1v) is 9.65. The smallest absolute Gasteiger partial charge is 0.0931 e. The van der Waals surface area contributed by atoms with Crippen LogP contribution in [0.25, 0.3) is 0 Å². The van der Waals surface area contributed by atoms with E-state index in [0.717, 1.165) is 10.9 Å². The third-order valence-corrected chi connectivity index (χ3v) is 6.14. The maximum atomic E-state index is 6.10. The average Bonchev–Trinajstić information content (AvgIpc) is 3.20. The van der Waals surface area contributed by atoms with Crippen molar-refractivity contribution < 1.29 is 0 Å². The second-order valence-corrected chi connectivity index (χ2v) is 8.17. The summed E-state index contributed by atoms with van der Waals surface area (Å²) in [6.45, 7) is 4.84. The summed E-state index contributed by atoms with van der Waals surface area (Å²) < 4.78 is 0.866. The molecule has 21 heavy (non-hydrogen) atoms. The SMILES string of the molecule is Clc1ccc(C(NCCCN2CCCC2)c2cccs2)s1. The Hall–Kier alpha value is -0.390. The fourth-order valence-electron chi connectivity index (χ4n) is 2.84. The molecule has 3 rings (SSSR count). The topological polar surface area (TPSA) is 15.3 Å². The minimum Gasteiger partial charge on any atom is -0.305 e. The van der Waals surface area contributed by atoms with Crippen molar-refractivity contribution in [2.45, 2.75) is 25.3 Å². The molecule has 0 spiro atoms. The highest BCUT2D eigenvalue weighted by atomic mass is 35.5. The third kappa shape index (κ3) is 4.30. The highest BCUT2D eigenvalue weighted by Gasteiger charge is 2.17. The van der Waals surface area contributed by atoms with Gasteiger partial charge in [-0.1, -0.05) is 17.7 Å². The Morgan fingerprint density at radius 3 is 2.71 bits per heavy atom. The van der Waals surface area contributed by atoms with Crippen molar-refractivity contribution in [3.05, 3.63) is 43.7 Å². The number of likely N-dealkylation sites (tertiary alicyclic amines) is 1. The summed E-state index contributed by atoms with van der Waals surface area (Å²) in [5, 5.41) is 5.85. The summed E-state index contributed by atoms with van der Waals surface area (Å²) in [4.78, 5) is 5.25. The van der Waals surface area contributed by atoms with Crippen LogP contribution in [0, 0.1) is 0 Å². The highest BCUT2D eigenvalue weighted by molar-refractivity contribution is 7.16. The first-order chi connectivity index (χ1) is 10.3. The van der Waals surface area contributed by atoms with Crippen LogP contribution < -0.4 is 5.32 Å². The second-order valence-electron chi connectivity index (χ2n) is 5.45. The minimum atomic E-state index is 0.293. The van der Waals surface area contributed by atoms with E-state index in [0.29, 0.717) is 6.04 Å². The standard InChI is InChI=1S/C16H21ClN2S2/c17-15-7-6-14(21-15)16(13-5-3-12-20-13)18-8-4-11-19-9-1-2-10-19/h3,5-7,12,16,18H,1-2,4,8-11H2. The Labute approximate surface area is 139 Å². The van der Waals surface area contributed by atoms with Crippen LogP contribution in [-0.2, 0) is 0 Å². The zero-order chi connectivity index (χ0) is 14.5. The summed E-state index contributed by atoms with van der Waals surface area (Å²) in [6.07, 6.45) is 3.96. The van der Waals surface area contributed by atoms with Gasteiger partial charge in [-0.05, 0) is 69.0 Å². The van der Waals surface area contributed by atoms with Gasteiger partial charge in [0.25, 0.3) is 0 Å². The molecule has 0 bridgehead atoms. The molecule has 2 aromatic heterocycles. The quantitative estimate of drug-likeness (QED) is 0.739. The van der Waals surface area contributed by atoms with E-state index < -0.39 is 0 Å².